The zero-order valence-electron chi connectivity index (χ0n) is 10.9. The first-order valence-electron chi connectivity index (χ1n) is 5.95. The highest BCUT2D eigenvalue weighted by molar-refractivity contribution is 7.84. The number of para-hydroxylation sites is 1. The maximum absolute atomic E-state index is 13.2. The number of nitriles is 1. The van der Waals surface area contributed by atoms with Crippen LogP contribution in [0.25, 0.3) is 0 Å². The highest BCUT2D eigenvalue weighted by Gasteiger charge is 2.11. The van der Waals surface area contributed by atoms with Gasteiger partial charge in [0, 0.05) is 0 Å². The van der Waals surface area contributed by atoms with E-state index in [2.05, 4.69) is 0 Å². The van der Waals surface area contributed by atoms with Gasteiger partial charge in [0.05, 0.1) is 32.7 Å². The number of benzene rings is 2. The molecule has 2 aromatic rings. The van der Waals surface area contributed by atoms with Crippen molar-refractivity contribution in [2.75, 3.05) is 5.73 Å². The zero-order valence-corrected chi connectivity index (χ0v) is 11.7. The first-order valence-corrected chi connectivity index (χ1v) is 7.27. The van der Waals surface area contributed by atoms with E-state index in [4.69, 9.17) is 11.0 Å². The summed E-state index contributed by atoms with van der Waals surface area (Å²) in [6, 6.07) is 11.3. The smallest absolute Gasteiger partial charge is 0.140 e. The highest BCUT2D eigenvalue weighted by atomic mass is 32.2. The number of aryl methyl sites for hydroxylation is 1. The monoisotopic (exact) mass is 288 g/mol. The van der Waals surface area contributed by atoms with Gasteiger partial charge >= 0.3 is 0 Å². The summed E-state index contributed by atoms with van der Waals surface area (Å²) in [6.45, 7) is 1.85. The molecule has 1 unspecified atom stereocenters. The van der Waals surface area contributed by atoms with Crippen LogP contribution in [0.3, 0.4) is 0 Å². The van der Waals surface area contributed by atoms with Gasteiger partial charge in [-0.3, -0.25) is 4.21 Å². The van der Waals surface area contributed by atoms with Gasteiger partial charge in [0.1, 0.15) is 11.9 Å². The Morgan fingerprint density at radius 3 is 2.80 bits per heavy atom. The second-order valence-corrected chi connectivity index (χ2v) is 5.82. The lowest BCUT2D eigenvalue weighted by Crippen LogP contribution is -2.03. The summed E-state index contributed by atoms with van der Waals surface area (Å²) in [5.41, 5.74) is 7.88. The summed E-state index contributed by atoms with van der Waals surface area (Å²) in [4.78, 5) is 0.563. The van der Waals surface area contributed by atoms with E-state index in [1.807, 2.05) is 13.0 Å². The van der Waals surface area contributed by atoms with Crippen LogP contribution in [-0.4, -0.2) is 4.21 Å². The molecule has 102 valence electrons. The number of nitrogens with two attached hydrogens (primary N) is 1. The molecule has 0 fully saturated rings. The Balaban J connectivity index is 2.29. The number of rotatable bonds is 3. The van der Waals surface area contributed by atoms with Crippen molar-refractivity contribution in [2.45, 2.75) is 17.6 Å². The van der Waals surface area contributed by atoms with E-state index in [-0.39, 0.29) is 11.3 Å². The second kappa shape index (κ2) is 5.85. The van der Waals surface area contributed by atoms with Gasteiger partial charge in [-0.2, -0.15) is 5.26 Å². The lowest BCUT2D eigenvalue weighted by molar-refractivity contribution is 0.623. The van der Waals surface area contributed by atoms with Crippen molar-refractivity contribution < 1.29 is 8.60 Å². The van der Waals surface area contributed by atoms with Crippen molar-refractivity contribution in [2.24, 2.45) is 0 Å². The lowest BCUT2D eigenvalue weighted by atomic mass is 10.1. The molecule has 20 heavy (non-hydrogen) atoms. The third-order valence-corrected chi connectivity index (χ3v) is 4.42. The fourth-order valence-electron chi connectivity index (χ4n) is 1.83. The standard InChI is InChI=1S/C15H13FN2OS/c1-10-3-2-4-14(15(10)18)20(19)9-11-5-6-13(16)12(7-11)8-17/h2-7H,9,18H2,1H3. The van der Waals surface area contributed by atoms with Crippen LogP contribution in [0.15, 0.2) is 41.3 Å². The summed E-state index contributed by atoms with van der Waals surface area (Å²) >= 11 is 0. The molecule has 0 aliphatic heterocycles. The molecule has 0 aliphatic rings. The minimum absolute atomic E-state index is 0.0447. The Kier molecular flexibility index (Phi) is 4.16. The molecule has 2 aromatic carbocycles. The van der Waals surface area contributed by atoms with E-state index in [1.165, 1.54) is 18.2 Å². The van der Waals surface area contributed by atoms with Gasteiger partial charge in [0.15, 0.2) is 0 Å². The second-order valence-electron chi connectivity index (χ2n) is 4.40. The number of anilines is 1. The molecule has 2 N–H and O–H groups in total. The van der Waals surface area contributed by atoms with E-state index in [9.17, 15) is 8.60 Å². The van der Waals surface area contributed by atoms with Gasteiger partial charge in [-0.25, -0.2) is 4.39 Å². The first-order chi connectivity index (χ1) is 9.52. The molecular formula is C15H13FN2OS. The van der Waals surface area contributed by atoms with Crippen molar-refractivity contribution in [3.8, 4) is 6.07 Å². The molecule has 2 rings (SSSR count). The first kappa shape index (κ1) is 14.2. The Morgan fingerprint density at radius 1 is 1.35 bits per heavy atom. The summed E-state index contributed by atoms with van der Waals surface area (Å²) in [5, 5.41) is 8.79. The Bertz CT molecular complexity index is 722. The fourth-order valence-corrected chi connectivity index (χ4v) is 3.10. The van der Waals surface area contributed by atoms with Crippen molar-refractivity contribution in [3.05, 3.63) is 58.9 Å². The molecule has 5 heteroatoms. The van der Waals surface area contributed by atoms with Crippen LogP contribution in [0.1, 0.15) is 16.7 Å². The van der Waals surface area contributed by atoms with Crippen LogP contribution in [0.2, 0.25) is 0 Å². The van der Waals surface area contributed by atoms with Crippen molar-refractivity contribution in [1.82, 2.24) is 0 Å². The molecule has 0 amide bonds. The molecule has 0 spiro atoms. The molecule has 0 heterocycles. The quantitative estimate of drug-likeness (QED) is 0.883. The Morgan fingerprint density at radius 2 is 2.10 bits per heavy atom. The van der Waals surface area contributed by atoms with E-state index < -0.39 is 16.6 Å². The van der Waals surface area contributed by atoms with Crippen molar-refractivity contribution >= 4 is 16.5 Å². The van der Waals surface area contributed by atoms with Gasteiger partial charge in [-0.05, 0) is 36.2 Å². The maximum Gasteiger partial charge on any atom is 0.140 e. The average molecular weight is 288 g/mol. The number of nitrogens with zero attached hydrogens (tertiary/aromatic N) is 1. The topological polar surface area (TPSA) is 66.9 Å². The van der Waals surface area contributed by atoms with E-state index in [1.54, 1.807) is 18.2 Å². The van der Waals surface area contributed by atoms with Crippen LogP contribution in [0, 0.1) is 24.1 Å². The average Bonchev–Trinajstić information content (AvgIpc) is 2.43. The molecule has 1 atom stereocenters. The number of halogens is 1. The predicted molar refractivity (Wildman–Crippen MR) is 76.8 cm³/mol. The molecule has 0 aliphatic carbocycles. The third kappa shape index (κ3) is 2.86. The third-order valence-electron chi connectivity index (χ3n) is 2.98. The van der Waals surface area contributed by atoms with Gasteiger partial charge in [0.25, 0.3) is 0 Å². The van der Waals surface area contributed by atoms with Gasteiger partial charge in [-0.15, -0.1) is 0 Å². The van der Waals surface area contributed by atoms with Crippen molar-refractivity contribution in [1.29, 1.82) is 5.26 Å². The Labute approximate surface area is 119 Å². The van der Waals surface area contributed by atoms with Crippen LogP contribution >= 0.6 is 0 Å². The highest BCUT2D eigenvalue weighted by Crippen LogP contribution is 2.22. The predicted octanol–water partition coefficient (Wildman–Crippen LogP) is 2.90. The molecule has 3 nitrogen and oxygen atoms in total. The van der Waals surface area contributed by atoms with Crippen LogP contribution in [-0.2, 0) is 16.6 Å². The minimum atomic E-state index is -1.33. The molecule has 0 radical (unpaired) electrons. The zero-order chi connectivity index (χ0) is 14.7. The van der Waals surface area contributed by atoms with Crippen LogP contribution < -0.4 is 5.73 Å². The van der Waals surface area contributed by atoms with Gasteiger partial charge in [-0.1, -0.05) is 18.2 Å². The number of hydrogen-bond donors (Lipinski definition) is 1. The van der Waals surface area contributed by atoms with Gasteiger partial charge in [0.2, 0.25) is 0 Å². The summed E-state index contributed by atoms with van der Waals surface area (Å²) < 4.78 is 25.6. The SMILES string of the molecule is Cc1cccc(S(=O)Cc2ccc(F)c(C#N)c2)c1N. The molecule has 0 aromatic heterocycles. The molecular weight excluding hydrogens is 275 g/mol. The molecule has 0 saturated carbocycles. The number of nitrogen functional groups attached to an aromatic ring is 1. The van der Waals surface area contributed by atoms with Crippen molar-refractivity contribution in [3.63, 3.8) is 0 Å². The summed E-state index contributed by atoms with van der Waals surface area (Å²) in [6.07, 6.45) is 0. The van der Waals surface area contributed by atoms with E-state index >= 15 is 0 Å². The van der Waals surface area contributed by atoms with Crippen LogP contribution in [0.5, 0.6) is 0 Å². The minimum Gasteiger partial charge on any atom is -0.398 e. The van der Waals surface area contributed by atoms with E-state index in [0.717, 1.165) is 5.56 Å². The lowest BCUT2D eigenvalue weighted by Gasteiger charge is -2.08. The summed E-state index contributed by atoms with van der Waals surface area (Å²) in [5.74, 6) is -0.375. The fraction of sp³-hybridized carbons (Fsp3) is 0.133. The molecule has 0 saturated heterocycles. The maximum atomic E-state index is 13.2. The van der Waals surface area contributed by atoms with E-state index in [0.29, 0.717) is 16.1 Å². The van der Waals surface area contributed by atoms with Crippen LogP contribution in [0.4, 0.5) is 10.1 Å². The molecule has 0 bridgehead atoms. The summed E-state index contributed by atoms with van der Waals surface area (Å²) in [7, 11) is -1.33. The number of hydrogen-bond acceptors (Lipinski definition) is 3. The Hall–Kier alpha value is -2.19. The van der Waals surface area contributed by atoms with Gasteiger partial charge < -0.3 is 5.73 Å². The largest absolute Gasteiger partial charge is 0.398 e. The normalized spacial score (nSPS) is 11.8.